The third-order valence-electron chi connectivity index (χ3n) is 5.64. The van der Waals surface area contributed by atoms with Crippen LogP contribution in [0.5, 0.6) is 0 Å². The molecule has 3 aromatic rings. The van der Waals surface area contributed by atoms with Gasteiger partial charge in [0.1, 0.15) is 0 Å². The van der Waals surface area contributed by atoms with Crippen LogP contribution in [0, 0.1) is 6.92 Å². The number of fused-ring (bicyclic) bond motifs is 1. The van der Waals surface area contributed by atoms with E-state index >= 15 is 0 Å². The molecule has 1 fully saturated rings. The van der Waals surface area contributed by atoms with Crippen molar-refractivity contribution in [2.24, 2.45) is 0 Å². The number of H-pyrrole nitrogens is 1. The minimum atomic E-state index is 0.115. The highest BCUT2D eigenvalue weighted by atomic mass is 35.5. The predicted octanol–water partition coefficient (Wildman–Crippen LogP) is 4.45. The molecule has 28 heavy (non-hydrogen) atoms. The Labute approximate surface area is 170 Å². The fraction of sp³-hybridized carbons (Fsp3) is 0.348. The number of benzene rings is 2. The summed E-state index contributed by atoms with van der Waals surface area (Å²) in [4.78, 5) is 18.4. The second kappa shape index (κ2) is 8.38. The van der Waals surface area contributed by atoms with E-state index in [-0.39, 0.29) is 11.9 Å². The van der Waals surface area contributed by atoms with E-state index in [0.717, 1.165) is 59.7 Å². The summed E-state index contributed by atoms with van der Waals surface area (Å²) in [7, 11) is 0. The first-order valence-corrected chi connectivity index (χ1v) is 10.3. The number of hydrogen-bond donors (Lipinski definition) is 2. The lowest BCUT2D eigenvalue weighted by molar-refractivity contribution is -0.121. The zero-order valence-electron chi connectivity index (χ0n) is 16.2. The largest absolute Gasteiger partial charge is 0.358 e. The summed E-state index contributed by atoms with van der Waals surface area (Å²) in [5.74, 6) is 0.115. The summed E-state index contributed by atoms with van der Waals surface area (Å²) in [6, 6.07) is 16.5. The zero-order valence-corrected chi connectivity index (χ0v) is 16.9. The molecular weight excluding hydrogens is 370 g/mol. The van der Waals surface area contributed by atoms with Crippen LogP contribution in [0.1, 0.15) is 29.7 Å². The summed E-state index contributed by atoms with van der Waals surface area (Å²) in [6.45, 7) is 4.98. The second-order valence-corrected chi connectivity index (χ2v) is 8.13. The van der Waals surface area contributed by atoms with Crippen LogP contribution in [0.15, 0.2) is 48.5 Å². The number of aromatic amines is 1. The molecule has 0 bridgehead atoms. The van der Waals surface area contributed by atoms with Gasteiger partial charge in [0.2, 0.25) is 5.91 Å². The maximum atomic E-state index is 12.6. The maximum absolute atomic E-state index is 12.6. The molecule has 2 N–H and O–H groups in total. The molecule has 1 aromatic heterocycles. The molecule has 0 atom stereocenters. The molecule has 2 aromatic carbocycles. The fourth-order valence-corrected chi connectivity index (χ4v) is 4.21. The Kier molecular flexibility index (Phi) is 5.69. The number of para-hydroxylation sites is 1. The van der Waals surface area contributed by atoms with Crippen LogP contribution >= 0.6 is 11.6 Å². The van der Waals surface area contributed by atoms with E-state index in [4.69, 9.17) is 11.6 Å². The topological polar surface area (TPSA) is 48.1 Å². The van der Waals surface area contributed by atoms with Gasteiger partial charge in [-0.2, -0.15) is 0 Å². The van der Waals surface area contributed by atoms with Gasteiger partial charge >= 0.3 is 0 Å². The average Bonchev–Trinajstić information content (AvgIpc) is 3.00. The Balaban J connectivity index is 1.29. The number of nitrogens with zero attached hydrogens (tertiary/aromatic N) is 1. The van der Waals surface area contributed by atoms with Gasteiger partial charge in [0, 0.05) is 47.3 Å². The fourth-order valence-electron chi connectivity index (χ4n) is 4.09. The van der Waals surface area contributed by atoms with Crippen LogP contribution in [-0.2, 0) is 17.8 Å². The molecule has 0 saturated carbocycles. The molecule has 1 aliphatic heterocycles. The van der Waals surface area contributed by atoms with Crippen molar-refractivity contribution in [1.82, 2.24) is 15.2 Å². The number of piperidine rings is 1. The van der Waals surface area contributed by atoms with Crippen LogP contribution < -0.4 is 5.32 Å². The van der Waals surface area contributed by atoms with Crippen molar-refractivity contribution in [2.45, 2.75) is 38.8 Å². The lowest BCUT2D eigenvalue weighted by Crippen LogP contribution is -2.44. The number of rotatable bonds is 5. The van der Waals surface area contributed by atoms with Crippen molar-refractivity contribution >= 4 is 28.4 Å². The third kappa shape index (κ3) is 4.40. The molecule has 0 radical (unpaired) electrons. The highest BCUT2D eigenvalue weighted by molar-refractivity contribution is 6.30. The first-order chi connectivity index (χ1) is 13.6. The Morgan fingerprint density at radius 2 is 1.86 bits per heavy atom. The summed E-state index contributed by atoms with van der Waals surface area (Å²) in [5, 5.41) is 5.16. The minimum absolute atomic E-state index is 0.115. The summed E-state index contributed by atoms with van der Waals surface area (Å²) < 4.78 is 0. The molecular formula is C23H26ClN3O. The SMILES string of the molecule is Cc1[nH]c2ccccc2c1CC(=O)NC1CCN(Cc2ccc(Cl)cc2)CC1. The molecule has 146 valence electrons. The Morgan fingerprint density at radius 1 is 1.14 bits per heavy atom. The molecule has 1 aliphatic rings. The Morgan fingerprint density at radius 3 is 2.61 bits per heavy atom. The van der Waals surface area contributed by atoms with Crippen molar-refractivity contribution < 1.29 is 4.79 Å². The van der Waals surface area contributed by atoms with Crippen molar-refractivity contribution in [3.63, 3.8) is 0 Å². The van der Waals surface area contributed by atoms with Crippen LogP contribution in [0.4, 0.5) is 0 Å². The number of carbonyl (C=O) groups excluding carboxylic acids is 1. The third-order valence-corrected chi connectivity index (χ3v) is 5.89. The highest BCUT2D eigenvalue weighted by Crippen LogP contribution is 2.22. The van der Waals surface area contributed by atoms with Crippen molar-refractivity contribution in [3.8, 4) is 0 Å². The molecule has 4 rings (SSSR count). The van der Waals surface area contributed by atoms with Crippen LogP contribution in [0.3, 0.4) is 0 Å². The Bertz CT molecular complexity index is 956. The Hall–Kier alpha value is -2.30. The van der Waals surface area contributed by atoms with Gasteiger partial charge in [0.25, 0.3) is 0 Å². The van der Waals surface area contributed by atoms with Gasteiger partial charge in [-0.15, -0.1) is 0 Å². The monoisotopic (exact) mass is 395 g/mol. The number of nitrogens with one attached hydrogen (secondary N) is 2. The summed E-state index contributed by atoms with van der Waals surface area (Å²) >= 11 is 5.96. The number of halogens is 1. The molecule has 0 spiro atoms. The summed E-state index contributed by atoms with van der Waals surface area (Å²) in [5.41, 5.74) is 4.56. The van der Waals surface area contributed by atoms with Gasteiger partial charge in [-0.05, 0) is 49.1 Å². The second-order valence-electron chi connectivity index (χ2n) is 7.70. The quantitative estimate of drug-likeness (QED) is 0.670. The number of aromatic nitrogens is 1. The molecule has 2 heterocycles. The van der Waals surface area contributed by atoms with E-state index in [1.54, 1.807) is 0 Å². The number of likely N-dealkylation sites (tertiary alicyclic amines) is 1. The van der Waals surface area contributed by atoms with Crippen molar-refractivity contribution in [1.29, 1.82) is 0 Å². The van der Waals surface area contributed by atoms with Gasteiger partial charge in [0.05, 0.1) is 6.42 Å². The molecule has 5 heteroatoms. The van der Waals surface area contributed by atoms with Crippen LogP contribution in [0.25, 0.3) is 10.9 Å². The van der Waals surface area contributed by atoms with E-state index in [9.17, 15) is 4.79 Å². The number of amides is 1. The van der Waals surface area contributed by atoms with Gasteiger partial charge in [-0.3, -0.25) is 9.69 Å². The van der Waals surface area contributed by atoms with Gasteiger partial charge in [0.15, 0.2) is 0 Å². The van der Waals surface area contributed by atoms with Crippen molar-refractivity contribution in [3.05, 3.63) is 70.4 Å². The summed E-state index contributed by atoms with van der Waals surface area (Å²) in [6.07, 6.45) is 2.42. The van der Waals surface area contributed by atoms with Gasteiger partial charge in [-0.25, -0.2) is 0 Å². The lowest BCUT2D eigenvalue weighted by atomic mass is 10.0. The smallest absolute Gasteiger partial charge is 0.224 e. The number of hydrogen-bond acceptors (Lipinski definition) is 2. The van der Waals surface area contributed by atoms with E-state index in [1.165, 1.54) is 5.56 Å². The van der Waals surface area contributed by atoms with E-state index in [1.807, 2.05) is 31.2 Å². The molecule has 1 saturated heterocycles. The standard InChI is InChI=1S/C23H26ClN3O/c1-16-21(20-4-2-3-5-22(20)25-16)14-23(28)26-19-10-12-27(13-11-19)15-17-6-8-18(24)9-7-17/h2-9,19,25H,10-15H2,1H3,(H,26,28). The number of carbonyl (C=O) groups is 1. The molecule has 0 aliphatic carbocycles. The van der Waals surface area contributed by atoms with Crippen LogP contribution in [0.2, 0.25) is 5.02 Å². The molecule has 0 unspecified atom stereocenters. The van der Waals surface area contributed by atoms with Gasteiger partial charge < -0.3 is 10.3 Å². The maximum Gasteiger partial charge on any atom is 0.224 e. The van der Waals surface area contributed by atoms with Gasteiger partial charge in [-0.1, -0.05) is 41.9 Å². The normalized spacial score (nSPS) is 15.8. The van der Waals surface area contributed by atoms with E-state index in [2.05, 4.69) is 39.5 Å². The number of aryl methyl sites for hydroxylation is 1. The van der Waals surface area contributed by atoms with Crippen LogP contribution in [-0.4, -0.2) is 34.9 Å². The minimum Gasteiger partial charge on any atom is -0.358 e. The van der Waals surface area contributed by atoms with Crippen molar-refractivity contribution in [2.75, 3.05) is 13.1 Å². The first-order valence-electron chi connectivity index (χ1n) is 9.91. The van der Waals surface area contributed by atoms with E-state index in [0.29, 0.717) is 6.42 Å². The predicted molar refractivity (Wildman–Crippen MR) is 115 cm³/mol. The molecule has 1 amide bonds. The highest BCUT2D eigenvalue weighted by Gasteiger charge is 2.21. The average molecular weight is 396 g/mol. The molecule has 4 nitrogen and oxygen atoms in total. The van der Waals surface area contributed by atoms with E-state index < -0.39 is 0 Å². The lowest BCUT2D eigenvalue weighted by Gasteiger charge is -2.32. The zero-order chi connectivity index (χ0) is 19.5. The first kappa shape index (κ1) is 19.0.